The van der Waals surface area contributed by atoms with Crippen LogP contribution in [0, 0.1) is 38.7 Å². The standard InChI is InChI=1S/C13H13N3O2/c1-9(2)5-11-6-12(8-15)13(16(17)18)7-10(11)3-4-14/h6-7,9H,3,5H2,1-2H3. The average molecular weight is 243 g/mol. The molecular formula is C13H13N3O2. The van der Waals surface area contributed by atoms with Crippen LogP contribution in [0.3, 0.4) is 0 Å². The zero-order valence-corrected chi connectivity index (χ0v) is 10.3. The van der Waals surface area contributed by atoms with Crippen LogP contribution in [0.5, 0.6) is 0 Å². The number of hydrogen-bond acceptors (Lipinski definition) is 4. The molecule has 0 unspecified atom stereocenters. The number of nitro groups is 1. The molecule has 92 valence electrons. The van der Waals surface area contributed by atoms with Gasteiger partial charge in [0, 0.05) is 6.07 Å². The van der Waals surface area contributed by atoms with E-state index in [-0.39, 0.29) is 17.7 Å². The van der Waals surface area contributed by atoms with Crippen molar-refractivity contribution in [3.05, 3.63) is 38.9 Å². The molecule has 1 aromatic carbocycles. The van der Waals surface area contributed by atoms with Gasteiger partial charge in [-0.05, 0) is 29.5 Å². The predicted molar refractivity (Wildman–Crippen MR) is 65.7 cm³/mol. The fourth-order valence-electron chi connectivity index (χ4n) is 1.80. The van der Waals surface area contributed by atoms with Gasteiger partial charge in [-0.2, -0.15) is 10.5 Å². The van der Waals surface area contributed by atoms with Crippen molar-refractivity contribution < 1.29 is 4.92 Å². The Morgan fingerprint density at radius 3 is 2.44 bits per heavy atom. The molecule has 0 saturated heterocycles. The third-order valence-corrected chi connectivity index (χ3v) is 2.53. The highest BCUT2D eigenvalue weighted by Gasteiger charge is 2.18. The second kappa shape index (κ2) is 5.79. The maximum absolute atomic E-state index is 10.8. The van der Waals surface area contributed by atoms with Crippen molar-refractivity contribution >= 4 is 5.69 Å². The second-order valence-corrected chi connectivity index (χ2v) is 4.44. The van der Waals surface area contributed by atoms with Gasteiger partial charge in [0.05, 0.1) is 17.4 Å². The average Bonchev–Trinajstić information content (AvgIpc) is 2.30. The van der Waals surface area contributed by atoms with Gasteiger partial charge < -0.3 is 0 Å². The Morgan fingerprint density at radius 1 is 1.33 bits per heavy atom. The first-order valence-corrected chi connectivity index (χ1v) is 5.56. The van der Waals surface area contributed by atoms with Crippen LogP contribution in [0.25, 0.3) is 0 Å². The first-order valence-electron chi connectivity index (χ1n) is 5.56. The summed E-state index contributed by atoms with van der Waals surface area (Å²) >= 11 is 0. The number of hydrogen-bond donors (Lipinski definition) is 0. The minimum absolute atomic E-state index is 0.0531. The van der Waals surface area contributed by atoms with Gasteiger partial charge in [-0.25, -0.2) is 0 Å². The zero-order valence-electron chi connectivity index (χ0n) is 10.3. The Morgan fingerprint density at radius 2 is 2.00 bits per heavy atom. The van der Waals surface area contributed by atoms with E-state index in [9.17, 15) is 10.1 Å². The quantitative estimate of drug-likeness (QED) is 0.600. The molecule has 1 rings (SSSR count). The number of rotatable bonds is 4. The molecule has 5 nitrogen and oxygen atoms in total. The van der Waals surface area contributed by atoms with Gasteiger partial charge in [-0.1, -0.05) is 13.8 Å². The molecule has 0 radical (unpaired) electrons. The highest BCUT2D eigenvalue weighted by molar-refractivity contribution is 5.54. The van der Waals surface area contributed by atoms with E-state index in [1.54, 1.807) is 0 Å². The molecule has 0 N–H and O–H groups in total. The van der Waals surface area contributed by atoms with Crippen molar-refractivity contribution in [3.63, 3.8) is 0 Å². The van der Waals surface area contributed by atoms with E-state index in [2.05, 4.69) is 0 Å². The molecule has 0 saturated carbocycles. The number of nitro benzene ring substituents is 1. The van der Waals surface area contributed by atoms with Gasteiger partial charge in [-0.3, -0.25) is 10.1 Å². The molecular weight excluding hydrogens is 230 g/mol. The largest absolute Gasteiger partial charge is 0.287 e. The van der Waals surface area contributed by atoms with Crippen molar-refractivity contribution in [1.82, 2.24) is 0 Å². The minimum Gasteiger partial charge on any atom is -0.258 e. The van der Waals surface area contributed by atoms with Crippen molar-refractivity contribution in [2.75, 3.05) is 0 Å². The first kappa shape index (κ1) is 13.7. The van der Waals surface area contributed by atoms with E-state index in [0.717, 1.165) is 5.56 Å². The van der Waals surface area contributed by atoms with Crippen molar-refractivity contribution in [2.24, 2.45) is 5.92 Å². The van der Waals surface area contributed by atoms with Gasteiger partial charge in [-0.15, -0.1) is 0 Å². The lowest BCUT2D eigenvalue weighted by Gasteiger charge is -2.10. The van der Waals surface area contributed by atoms with E-state index in [1.165, 1.54) is 12.1 Å². The number of benzene rings is 1. The fourth-order valence-corrected chi connectivity index (χ4v) is 1.80. The minimum atomic E-state index is -0.585. The molecule has 0 aliphatic carbocycles. The van der Waals surface area contributed by atoms with Gasteiger partial charge in [0.1, 0.15) is 11.6 Å². The summed E-state index contributed by atoms with van der Waals surface area (Å²) in [6.07, 6.45) is 0.818. The third kappa shape index (κ3) is 3.05. The molecule has 5 heteroatoms. The summed E-state index contributed by atoms with van der Waals surface area (Å²) in [4.78, 5) is 10.3. The van der Waals surface area contributed by atoms with Crippen LogP contribution < -0.4 is 0 Å². The van der Waals surface area contributed by atoms with Crippen LogP contribution in [-0.2, 0) is 12.8 Å². The predicted octanol–water partition coefficient (Wildman–Crippen LogP) is 2.73. The summed E-state index contributed by atoms with van der Waals surface area (Å²) in [6, 6.07) is 6.71. The summed E-state index contributed by atoms with van der Waals surface area (Å²) < 4.78 is 0. The lowest BCUT2D eigenvalue weighted by Crippen LogP contribution is -2.03. The third-order valence-electron chi connectivity index (χ3n) is 2.53. The zero-order chi connectivity index (χ0) is 13.7. The van der Waals surface area contributed by atoms with Crippen LogP contribution in [0.1, 0.15) is 30.5 Å². The Labute approximate surface area is 105 Å². The van der Waals surface area contributed by atoms with E-state index >= 15 is 0 Å². The van der Waals surface area contributed by atoms with Gasteiger partial charge in [0.15, 0.2) is 0 Å². The summed E-state index contributed by atoms with van der Waals surface area (Å²) in [7, 11) is 0. The molecule has 0 spiro atoms. The maximum Gasteiger partial charge on any atom is 0.287 e. The van der Waals surface area contributed by atoms with Gasteiger partial charge >= 0.3 is 0 Å². The molecule has 0 aliphatic heterocycles. The van der Waals surface area contributed by atoms with Crippen molar-refractivity contribution in [1.29, 1.82) is 10.5 Å². The van der Waals surface area contributed by atoms with E-state index < -0.39 is 4.92 Å². The lowest BCUT2D eigenvalue weighted by atomic mass is 9.94. The Hall–Kier alpha value is -2.40. The molecule has 1 aromatic rings. The van der Waals surface area contributed by atoms with Crippen LogP contribution in [0.4, 0.5) is 5.69 Å². The molecule has 0 aliphatic rings. The Kier molecular flexibility index (Phi) is 4.39. The van der Waals surface area contributed by atoms with Crippen LogP contribution in [0.2, 0.25) is 0 Å². The van der Waals surface area contributed by atoms with Crippen LogP contribution >= 0.6 is 0 Å². The van der Waals surface area contributed by atoms with E-state index in [0.29, 0.717) is 17.9 Å². The number of nitriles is 2. The summed E-state index contributed by atoms with van der Waals surface area (Å²) in [5.41, 5.74) is 1.30. The summed E-state index contributed by atoms with van der Waals surface area (Å²) in [5, 5.41) is 28.5. The summed E-state index contributed by atoms with van der Waals surface area (Å²) in [5.74, 6) is 0.357. The second-order valence-electron chi connectivity index (χ2n) is 4.44. The lowest BCUT2D eigenvalue weighted by molar-refractivity contribution is -0.385. The van der Waals surface area contributed by atoms with E-state index in [1.807, 2.05) is 26.0 Å². The van der Waals surface area contributed by atoms with Crippen LogP contribution in [0.15, 0.2) is 12.1 Å². The van der Waals surface area contributed by atoms with Gasteiger partial charge in [0.25, 0.3) is 5.69 Å². The maximum atomic E-state index is 10.8. The molecule has 0 fully saturated rings. The number of nitrogens with zero attached hydrogens (tertiary/aromatic N) is 3. The highest BCUT2D eigenvalue weighted by Crippen LogP contribution is 2.25. The Bertz CT molecular complexity index is 551. The van der Waals surface area contributed by atoms with Crippen molar-refractivity contribution in [2.45, 2.75) is 26.7 Å². The topological polar surface area (TPSA) is 90.7 Å². The Balaban J connectivity index is 3.38. The monoisotopic (exact) mass is 243 g/mol. The molecule has 0 aromatic heterocycles. The fraction of sp³-hybridized carbons (Fsp3) is 0.385. The SMILES string of the molecule is CC(C)Cc1cc(C#N)c([N+](=O)[O-])cc1CC#N. The van der Waals surface area contributed by atoms with Crippen LogP contribution in [-0.4, -0.2) is 4.92 Å². The summed E-state index contributed by atoms with van der Waals surface area (Å²) in [6.45, 7) is 4.03. The van der Waals surface area contributed by atoms with Crippen molar-refractivity contribution in [3.8, 4) is 12.1 Å². The first-order chi connectivity index (χ1) is 8.49. The molecule has 18 heavy (non-hydrogen) atoms. The molecule has 0 amide bonds. The normalized spacial score (nSPS) is 9.83. The highest BCUT2D eigenvalue weighted by atomic mass is 16.6. The molecule has 0 heterocycles. The van der Waals surface area contributed by atoms with E-state index in [4.69, 9.17) is 10.5 Å². The molecule has 0 atom stereocenters. The van der Waals surface area contributed by atoms with Gasteiger partial charge in [0.2, 0.25) is 0 Å². The smallest absolute Gasteiger partial charge is 0.258 e. The molecule has 0 bridgehead atoms.